The molecule has 0 aromatic heterocycles. The van der Waals surface area contributed by atoms with Crippen LogP contribution in [0.3, 0.4) is 0 Å². The lowest BCUT2D eigenvalue weighted by molar-refractivity contribution is -0.130. The largest absolute Gasteiger partial charge is 0.494 e. The van der Waals surface area contributed by atoms with Gasteiger partial charge in [0.15, 0.2) is 11.5 Å². The lowest BCUT2D eigenvalue weighted by Gasteiger charge is -2.49. The summed E-state index contributed by atoms with van der Waals surface area (Å²) in [6.07, 6.45) is 0. The average molecular weight is 503 g/mol. The first-order valence-corrected chi connectivity index (χ1v) is 11.8. The highest BCUT2D eigenvalue weighted by atomic mass is 16.5. The zero-order chi connectivity index (χ0) is 26.3. The molecule has 2 aliphatic heterocycles. The minimum atomic E-state index is -1.05. The van der Waals surface area contributed by atoms with E-state index in [-0.39, 0.29) is 17.0 Å². The zero-order valence-electron chi connectivity index (χ0n) is 20.9. The molecule has 0 radical (unpaired) electrons. The van der Waals surface area contributed by atoms with Crippen LogP contribution in [0.4, 0.5) is 5.69 Å². The molecular weight excluding hydrogens is 476 g/mol. The normalized spacial score (nSPS) is 18.4. The molecule has 37 heavy (non-hydrogen) atoms. The maximum Gasteiger partial charge on any atom is 0.262 e. The van der Waals surface area contributed by atoms with Crippen molar-refractivity contribution in [3.05, 3.63) is 77.4 Å². The summed E-state index contributed by atoms with van der Waals surface area (Å²) in [5, 5.41) is 0. The molecule has 2 atom stereocenters. The van der Waals surface area contributed by atoms with E-state index in [1.165, 1.54) is 21.3 Å². The van der Waals surface area contributed by atoms with Crippen molar-refractivity contribution in [1.29, 1.82) is 0 Å². The second-order valence-corrected chi connectivity index (χ2v) is 8.51. The molecule has 3 aromatic rings. The molecule has 2 heterocycles. The monoisotopic (exact) mass is 502 g/mol. The van der Waals surface area contributed by atoms with Crippen molar-refractivity contribution >= 4 is 23.4 Å². The first-order chi connectivity index (χ1) is 17.9. The minimum absolute atomic E-state index is 0.281. The van der Waals surface area contributed by atoms with Crippen molar-refractivity contribution in [3.8, 4) is 23.0 Å². The number of rotatable bonds is 8. The van der Waals surface area contributed by atoms with E-state index in [0.717, 1.165) is 4.90 Å². The quantitative estimate of drug-likeness (QED) is 0.341. The fourth-order valence-corrected chi connectivity index (χ4v) is 4.95. The van der Waals surface area contributed by atoms with Gasteiger partial charge in [0.2, 0.25) is 5.75 Å². The standard InChI is InChI=1S/C28H26N2O7/c1-5-37-18-12-10-17(11-13-18)29-23(16-14-21(34-2)25(36-4)22(15-16)35-3)24(28(29)33)30-26(31)19-8-6-7-9-20(19)27(30)32/h6-15,23-24H,5H2,1-4H3/t23-,24+/m0/s1. The fraction of sp³-hybridized carbons (Fsp3) is 0.250. The lowest BCUT2D eigenvalue weighted by atomic mass is 9.86. The van der Waals surface area contributed by atoms with Gasteiger partial charge in [-0.05, 0) is 61.0 Å². The molecule has 0 aliphatic carbocycles. The number of carbonyl (C=O) groups excluding carboxylic acids is 3. The number of amides is 3. The number of β-lactam (4-membered cyclic amide) rings is 1. The Morgan fingerprint density at radius 3 is 1.78 bits per heavy atom. The fourth-order valence-electron chi connectivity index (χ4n) is 4.95. The Labute approximate surface area is 214 Å². The number of hydrogen-bond donors (Lipinski definition) is 0. The molecule has 3 aromatic carbocycles. The predicted molar refractivity (Wildman–Crippen MR) is 135 cm³/mol. The third kappa shape index (κ3) is 3.74. The average Bonchev–Trinajstić information content (AvgIpc) is 3.17. The third-order valence-corrected chi connectivity index (χ3v) is 6.63. The summed E-state index contributed by atoms with van der Waals surface area (Å²) in [6, 6.07) is 15.4. The number of methoxy groups -OCH3 is 3. The second-order valence-electron chi connectivity index (χ2n) is 8.51. The molecule has 0 bridgehead atoms. The van der Waals surface area contributed by atoms with Crippen LogP contribution in [0.25, 0.3) is 0 Å². The van der Waals surface area contributed by atoms with Gasteiger partial charge >= 0.3 is 0 Å². The van der Waals surface area contributed by atoms with Gasteiger partial charge in [-0.15, -0.1) is 0 Å². The van der Waals surface area contributed by atoms with Crippen LogP contribution in [-0.2, 0) is 4.79 Å². The number of ether oxygens (including phenoxy) is 4. The molecule has 0 N–H and O–H groups in total. The highest BCUT2D eigenvalue weighted by Gasteiger charge is 2.57. The molecule has 2 aliphatic rings. The molecule has 0 spiro atoms. The van der Waals surface area contributed by atoms with Crippen LogP contribution in [-0.4, -0.2) is 56.6 Å². The topological polar surface area (TPSA) is 94.6 Å². The Hall–Kier alpha value is -4.53. The summed E-state index contributed by atoms with van der Waals surface area (Å²) in [7, 11) is 4.50. The Morgan fingerprint density at radius 2 is 1.30 bits per heavy atom. The number of anilines is 1. The van der Waals surface area contributed by atoms with Gasteiger partial charge in [0.05, 0.1) is 45.1 Å². The van der Waals surface area contributed by atoms with E-state index < -0.39 is 23.9 Å². The van der Waals surface area contributed by atoms with Gasteiger partial charge in [0.1, 0.15) is 11.8 Å². The van der Waals surface area contributed by atoms with E-state index in [1.54, 1.807) is 65.6 Å². The van der Waals surface area contributed by atoms with Crippen LogP contribution in [0.1, 0.15) is 39.2 Å². The number of hydrogen-bond acceptors (Lipinski definition) is 7. The molecule has 9 nitrogen and oxygen atoms in total. The van der Waals surface area contributed by atoms with Crippen LogP contribution in [0.2, 0.25) is 0 Å². The summed E-state index contributed by atoms with van der Waals surface area (Å²) in [4.78, 5) is 42.9. The van der Waals surface area contributed by atoms with Gasteiger partial charge in [-0.1, -0.05) is 12.1 Å². The van der Waals surface area contributed by atoms with E-state index in [2.05, 4.69) is 0 Å². The van der Waals surface area contributed by atoms with Gasteiger partial charge < -0.3 is 23.8 Å². The second kappa shape index (κ2) is 9.50. The van der Waals surface area contributed by atoms with Gasteiger partial charge in [0, 0.05) is 5.69 Å². The highest BCUT2D eigenvalue weighted by Crippen LogP contribution is 2.48. The molecule has 0 saturated carbocycles. The van der Waals surface area contributed by atoms with Crippen LogP contribution >= 0.6 is 0 Å². The number of carbonyl (C=O) groups is 3. The summed E-state index contributed by atoms with van der Waals surface area (Å²) in [6.45, 7) is 2.40. The van der Waals surface area contributed by atoms with E-state index in [0.29, 0.717) is 40.9 Å². The maximum atomic E-state index is 13.7. The molecule has 9 heteroatoms. The molecule has 1 fully saturated rings. The molecule has 1 saturated heterocycles. The van der Waals surface area contributed by atoms with Crippen LogP contribution < -0.4 is 23.8 Å². The van der Waals surface area contributed by atoms with E-state index in [1.807, 2.05) is 6.92 Å². The highest BCUT2D eigenvalue weighted by molar-refractivity contribution is 6.24. The van der Waals surface area contributed by atoms with E-state index in [9.17, 15) is 14.4 Å². The molecular formula is C28H26N2O7. The SMILES string of the molecule is CCOc1ccc(N2C(=O)[C@H](N3C(=O)c4ccccc4C3=O)[C@@H]2c2cc(OC)c(OC)c(OC)c2)cc1. The zero-order valence-corrected chi connectivity index (χ0v) is 20.9. The van der Waals surface area contributed by atoms with Crippen molar-refractivity contribution in [2.75, 3.05) is 32.8 Å². The van der Waals surface area contributed by atoms with Crippen LogP contribution in [0, 0.1) is 0 Å². The van der Waals surface area contributed by atoms with Crippen molar-refractivity contribution in [3.63, 3.8) is 0 Å². The first kappa shape index (κ1) is 24.2. The predicted octanol–water partition coefficient (Wildman–Crippen LogP) is 3.86. The summed E-state index contributed by atoms with van der Waals surface area (Å²) < 4.78 is 22.0. The number of nitrogens with zero attached hydrogens (tertiary/aromatic N) is 2. The van der Waals surface area contributed by atoms with Crippen molar-refractivity contribution in [1.82, 2.24) is 4.90 Å². The Bertz CT molecular complexity index is 1330. The van der Waals surface area contributed by atoms with E-state index in [4.69, 9.17) is 18.9 Å². The molecule has 190 valence electrons. The Morgan fingerprint density at radius 1 is 0.730 bits per heavy atom. The number of imide groups is 1. The number of benzene rings is 3. The summed E-state index contributed by atoms with van der Waals surface area (Å²) in [5.41, 5.74) is 1.77. The van der Waals surface area contributed by atoms with Gasteiger partial charge in [0.25, 0.3) is 17.7 Å². The molecule has 3 amide bonds. The van der Waals surface area contributed by atoms with Gasteiger partial charge in [-0.2, -0.15) is 0 Å². The smallest absolute Gasteiger partial charge is 0.262 e. The van der Waals surface area contributed by atoms with Gasteiger partial charge in [-0.3, -0.25) is 19.3 Å². The lowest BCUT2D eigenvalue weighted by Crippen LogP contribution is -2.67. The Balaban J connectivity index is 1.62. The van der Waals surface area contributed by atoms with E-state index >= 15 is 0 Å². The molecule has 5 rings (SSSR count). The third-order valence-electron chi connectivity index (χ3n) is 6.63. The number of fused-ring (bicyclic) bond motifs is 1. The molecule has 0 unspecified atom stereocenters. The minimum Gasteiger partial charge on any atom is -0.494 e. The summed E-state index contributed by atoms with van der Waals surface area (Å²) in [5.74, 6) is 0.473. The van der Waals surface area contributed by atoms with Crippen molar-refractivity contribution < 1.29 is 33.3 Å². The first-order valence-electron chi connectivity index (χ1n) is 11.8. The summed E-state index contributed by atoms with van der Waals surface area (Å²) >= 11 is 0. The van der Waals surface area contributed by atoms with Gasteiger partial charge in [-0.25, -0.2) is 0 Å². The van der Waals surface area contributed by atoms with Crippen LogP contribution in [0.15, 0.2) is 60.7 Å². The van der Waals surface area contributed by atoms with Crippen molar-refractivity contribution in [2.45, 2.75) is 19.0 Å². The van der Waals surface area contributed by atoms with Crippen LogP contribution in [0.5, 0.6) is 23.0 Å². The van der Waals surface area contributed by atoms with Crippen molar-refractivity contribution in [2.24, 2.45) is 0 Å². The Kier molecular flexibility index (Phi) is 6.20. The maximum absolute atomic E-state index is 13.7.